The van der Waals surface area contributed by atoms with E-state index in [-0.39, 0.29) is 11.9 Å². The van der Waals surface area contributed by atoms with Gasteiger partial charge in [0.15, 0.2) is 0 Å². The first-order valence-corrected chi connectivity index (χ1v) is 6.96. The van der Waals surface area contributed by atoms with Gasteiger partial charge in [0.2, 0.25) is 5.91 Å². The summed E-state index contributed by atoms with van der Waals surface area (Å²) in [5, 5.41) is 12.9. The second-order valence-corrected chi connectivity index (χ2v) is 5.03. The second-order valence-electron chi connectivity index (χ2n) is 5.03. The van der Waals surface area contributed by atoms with Gasteiger partial charge in [-0.1, -0.05) is 30.3 Å². The van der Waals surface area contributed by atoms with Crippen molar-refractivity contribution >= 4 is 5.91 Å². The van der Waals surface area contributed by atoms with Gasteiger partial charge in [0.05, 0.1) is 25.9 Å². The summed E-state index contributed by atoms with van der Waals surface area (Å²) < 4.78 is 5.48. The summed E-state index contributed by atoms with van der Waals surface area (Å²) >= 11 is 0. The monoisotopic (exact) mass is 278 g/mol. The van der Waals surface area contributed by atoms with Crippen LogP contribution < -0.4 is 5.32 Å². The number of carbonyl (C=O) groups is 1. The van der Waals surface area contributed by atoms with Crippen molar-refractivity contribution in [3.63, 3.8) is 0 Å². The minimum atomic E-state index is -0.532. The molecule has 110 valence electrons. The normalized spacial score (nSPS) is 21.4. The number of amides is 1. The fourth-order valence-electron chi connectivity index (χ4n) is 2.45. The Morgan fingerprint density at radius 1 is 1.50 bits per heavy atom. The molecule has 1 saturated heterocycles. The van der Waals surface area contributed by atoms with E-state index in [2.05, 4.69) is 10.2 Å². The minimum absolute atomic E-state index is 0.00824. The molecule has 1 aliphatic heterocycles. The Hall–Kier alpha value is -1.43. The van der Waals surface area contributed by atoms with Gasteiger partial charge in [0.25, 0.3) is 0 Å². The molecular formula is C15H22N2O3. The van der Waals surface area contributed by atoms with Crippen LogP contribution >= 0.6 is 0 Å². The summed E-state index contributed by atoms with van der Waals surface area (Å²) in [6.07, 6.45) is 0.0381. The summed E-state index contributed by atoms with van der Waals surface area (Å²) in [5.74, 6) is -0.00824. The van der Waals surface area contributed by atoms with Crippen molar-refractivity contribution in [3.05, 3.63) is 35.9 Å². The minimum Gasteiger partial charge on any atom is -0.388 e. The lowest BCUT2D eigenvalue weighted by atomic mass is 10.0. The summed E-state index contributed by atoms with van der Waals surface area (Å²) in [7, 11) is 1.64. The third kappa shape index (κ3) is 4.03. The molecule has 0 spiro atoms. The van der Waals surface area contributed by atoms with Gasteiger partial charge >= 0.3 is 0 Å². The Morgan fingerprint density at radius 2 is 2.25 bits per heavy atom. The third-order valence-electron chi connectivity index (χ3n) is 3.65. The number of ether oxygens (including phenoxy) is 1. The van der Waals surface area contributed by atoms with Crippen LogP contribution in [0.4, 0.5) is 0 Å². The maximum Gasteiger partial charge on any atom is 0.233 e. The molecular weight excluding hydrogens is 256 g/mol. The zero-order chi connectivity index (χ0) is 14.4. The molecule has 20 heavy (non-hydrogen) atoms. The molecule has 5 nitrogen and oxygen atoms in total. The highest BCUT2D eigenvalue weighted by Crippen LogP contribution is 2.22. The first kappa shape index (κ1) is 15.0. The smallest absolute Gasteiger partial charge is 0.233 e. The zero-order valence-corrected chi connectivity index (χ0v) is 11.8. The molecule has 1 amide bonds. The molecule has 2 atom stereocenters. The van der Waals surface area contributed by atoms with E-state index in [1.807, 2.05) is 30.3 Å². The van der Waals surface area contributed by atoms with E-state index in [4.69, 9.17) is 4.74 Å². The second kappa shape index (κ2) is 7.38. The molecule has 5 heteroatoms. The highest BCUT2D eigenvalue weighted by Gasteiger charge is 2.27. The number of hydrogen-bond acceptors (Lipinski definition) is 4. The number of carbonyl (C=O) groups excluding carboxylic acids is 1. The van der Waals surface area contributed by atoms with Gasteiger partial charge in [0, 0.05) is 19.6 Å². The number of benzene rings is 1. The van der Waals surface area contributed by atoms with Gasteiger partial charge in [0.1, 0.15) is 0 Å². The van der Waals surface area contributed by atoms with Crippen molar-refractivity contribution < 1.29 is 14.6 Å². The molecule has 1 aliphatic rings. The highest BCUT2D eigenvalue weighted by molar-refractivity contribution is 5.77. The molecule has 0 saturated carbocycles. The Kier molecular flexibility index (Phi) is 5.52. The fraction of sp³-hybridized carbons (Fsp3) is 0.533. The molecule has 0 aliphatic carbocycles. The number of aliphatic hydroxyl groups is 1. The van der Waals surface area contributed by atoms with Crippen LogP contribution in [-0.4, -0.2) is 55.3 Å². The van der Waals surface area contributed by atoms with Crippen LogP contribution in [0.2, 0.25) is 0 Å². The lowest BCUT2D eigenvalue weighted by Gasteiger charge is -2.36. The molecule has 0 aromatic heterocycles. The zero-order valence-electron chi connectivity index (χ0n) is 11.8. The van der Waals surface area contributed by atoms with Gasteiger partial charge in [-0.3, -0.25) is 9.69 Å². The average Bonchev–Trinajstić information content (AvgIpc) is 2.50. The maximum atomic E-state index is 11.5. The summed E-state index contributed by atoms with van der Waals surface area (Å²) in [5.41, 5.74) is 0.901. The summed E-state index contributed by atoms with van der Waals surface area (Å²) in [4.78, 5) is 13.6. The number of nitrogens with zero attached hydrogens (tertiary/aromatic N) is 1. The van der Waals surface area contributed by atoms with Crippen molar-refractivity contribution in [2.45, 2.75) is 18.6 Å². The van der Waals surface area contributed by atoms with Gasteiger partial charge in [-0.15, -0.1) is 0 Å². The van der Waals surface area contributed by atoms with Gasteiger partial charge in [-0.05, 0) is 12.0 Å². The van der Waals surface area contributed by atoms with Gasteiger partial charge in [-0.25, -0.2) is 0 Å². The van der Waals surface area contributed by atoms with Crippen molar-refractivity contribution in [2.24, 2.45) is 0 Å². The molecule has 2 unspecified atom stereocenters. The summed E-state index contributed by atoms with van der Waals surface area (Å²) in [6, 6.07) is 9.65. The lowest BCUT2D eigenvalue weighted by Crippen LogP contribution is -2.49. The number of morpholine rings is 1. The predicted molar refractivity (Wildman–Crippen MR) is 76.3 cm³/mol. The number of hydrogen-bond donors (Lipinski definition) is 2. The topological polar surface area (TPSA) is 61.8 Å². The van der Waals surface area contributed by atoms with Gasteiger partial charge in [-0.2, -0.15) is 0 Å². The van der Waals surface area contributed by atoms with E-state index in [0.717, 1.165) is 12.1 Å². The highest BCUT2D eigenvalue weighted by atomic mass is 16.5. The van der Waals surface area contributed by atoms with Crippen LogP contribution in [0.3, 0.4) is 0 Å². The number of nitrogens with one attached hydrogen (secondary N) is 1. The largest absolute Gasteiger partial charge is 0.388 e. The van der Waals surface area contributed by atoms with Crippen LogP contribution in [0.15, 0.2) is 30.3 Å². The molecule has 1 aromatic rings. The van der Waals surface area contributed by atoms with E-state index < -0.39 is 6.10 Å². The van der Waals surface area contributed by atoms with Crippen molar-refractivity contribution in [2.75, 3.05) is 33.4 Å². The van der Waals surface area contributed by atoms with E-state index in [9.17, 15) is 9.90 Å². The molecule has 1 heterocycles. The average molecular weight is 278 g/mol. The molecule has 1 aromatic carbocycles. The van der Waals surface area contributed by atoms with Crippen LogP contribution in [0.5, 0.6) is 0 Å². The molecule has 2 rings (SSSR count). The first-order valence-electron chi connectivity index (χ1n) is 6.96. The van der Waals surface area contributed by atoms with Crippen LogP contribution in [0.25, 0.3) is 0 Å². The third-order valence-corrected chi connectivity index (χ3v) is 3.65. The van der Waals surface area contributed by atoms with E-state index in [1.54, 1.807) is 7.05 Å². The van der Waals surface area contributed by atoms with Crippen LogP contribution in [0, 0.1) is 0 Å². The van der Waals surface area contributed by atoms with E-state index >= 15 is 0 Å². The maximum absolute atomic E-state index is 11.5. The SMILES string of the molecule is CNC(=O)CN1CCOCC1CC(O)c1ccccc1. The molecule has 2 N–H and O–H groups in total. The molecule has 0 bridgehead atoms. The Bertz CT molecular complexity index is 424. The van der Waals surface area contributed by atoms with Crippen LogP contribution in [0.1, 0.15) is 18.1 Å². The predicted octanol–water partition coefficient (Wildman–Crippen LogP) is 0.557. The van der Waals surface area contributed by atoms with E-state index in [1.165, 1.54) is 0 Å². The Labute approximate surface area is 119 Å². The van der Waals surface area contributed by atoms with Crippen molar-refractivity contribution in [1.29, 1.82) is 0 Å². The van der Waals surface area contributed by atoms with E-state index in [0.29, 0.717) is 26.2 Å². The summed E-state index contributed by atoms with van der Waals surface area (Å²) in [6.45, 7) is 2.27. The van der Waals surface area contributed by atoms with Gasteiger partial charge < -0.3 is 15.2 Å². The fourth-order valence-corrected chi connectivity index (χ4v) is 2.45. The van der Waals surface area contributed by atoms with Crippen molar-refractivity contribution in [3.8, 4) is 0 Å². The Balaban J connectivity index is 1.96. The molecule has 1 fully saturated rings. The van der Waals surface area contributed by atoms with Crippen molar-refractivity contribution in [1.82, 2.24) is 10.2 Å². The lowest BCUT2D eigenvalue weighted by molar-refractivity contribution is -0.124. The standard InChI is InChI=1S/C15H22N2O3/c1-16-15(19)10-17-7-8-20-11-13(17)9-14(18)12-5-3-2-4-6-12/h2-6,13-14,18H,7-11H2,1H3,(H,16,19). The number of rotatable bonds is 5. The Morgan fingerprint density at radius 3 is 2.95 bits per heavy atom. The quantitative estimate of drug-likeness (QED) is 0.826. The number of likely N-dealkylation sites (N-methyl/N-ethyl adjacent to an activating group) is 1. The first-order chi connectivity index (χ1) is 9.70. The number of aliphatic hydroxyl groups excluding tert-OH is 1. The molecule has 0 radical (unpaired) electrons. The van der Waals surface area contributed by atoms with Crippen LogP contribution in [-0.2, 0) is 9.53 Å².